The molecule has 29 heavy (non-hydrogen) atoms. The van der Waals surface area contributed by atoms with Crippen molar-refractivity contribution >= 4 is 46.4 Å². The number of carbonyl (C=O) groups is 2. The number of carbonyl (C=O) groups excluding carboxylic acids is 2. The van der Waals surface area contributed by atoms with Gasteiger partial charge in [-0.2, -0.15) is 0 Å². The van der Waals surface area contributed by atoms with Gasteiger partial charge in [-0.3, -0.25) is 9.59 Å². The first kappa shape index (κ1) is 21.9. The van der Waals surface area contributed by atoms with Gasteiger partial charge in [0.2, 0.25) is 11.8 Å². The molecule has 1 aliphatic rings. The van der Waals surface area contributed by atoms with Gasteiger partial charge in [-0.25, -0.2) is 0 Å². The number of benzene rings is 1. The minimum Gasteiger partial charge on any atom is -0.330 e. The summed E-state index contributed by atoms with van der Waals surface area (Å²) in [5.74, 6) is -0.126. The fraction of sp³-hybridized carbons (Fsp3) is 0.364. The van der Waals surface area contributed by atoms with Crippen molar-refractivity contribution in [3.8, 4) is 0 Å². The summed E-state index contributed by atoms with van der Waals surface area (Å²) in [5, 5.41) is 3.13. The predicted octanol–water partition coefficient (Wildman–Crippen LogP) is 5.34. The number of rotatable bonds is 7. The summed E-state index contributed by atoms with van der Waals surface area (Å²) in [5.41, 5.74) is 1.94. The maximum Gasteiger partial charge on any atom is 0.243 e. The fourth-order valence-electron chi connectivity index (χ4n) is 3.68. The van der Waals surface area contributed by atoms with Crippen molar-refractivity contribution in [1.82, 2.24) is 9.80 Å². The summed E-state index contributed by atoms with van der Waals surface area (Å²) in [4.78, 5) is 30.4. The molecule has 0 fully saturated rings. The Morgan fingerprint density at radius 1 is 1.31 bits per heavy atom. The van der Waals surface area contributed by atoms with Crippen LogP contribution < -0.4 is 0 Å². The molecule has 0 saturated carbocycles. The van der Waals surface area contributed by atoms with Crippen LogP contribution in [-0.2, 0) is 16.0 Å². The molecule has 1 aliphatic heterocycles. The van der Waals surface area contributed by atoms with Gasteiger partial charge in [0, 0.05) is 34.4 Å². The topological polar surface area (TPSA) is 40.6 Å². The van der Waals surface area contributed by atoms with Crippen molar-refractivity contribution in [1.29, 1.82) is 0 Å². The van der Waals surface area contributed by atoms with Crippen LogP contribution in [0.1, 0.15) is 41.8 Å². The van der Waals surface area contributed by atoms with Crippen LogP contribution in [0.15, 0.2) is 42.3 Å². The van der Waals surface area contributed by atoms with E-state index in [2.05, 4.69) is 12.6 Å². The van der Waals surface area contributed by atoms with Crippen LogP contribution in [0.3, 0.4) is 0 Å². The van der Waals surface area contributed by atoms with Crippen LogP contribution in [0, 0.1) is 0 Å². The van der Waals surface area contributed by atoms with E-state index in [1.54, 1.807) is 34.4 Å². The standard InChI is InChI=1S/C22H24Cl2N2O2S/c1-3-5-20(27)25(10-4-2)14-21(28)26-11-8-19-17(9-12-29-19)22(26)16-7-6-15(23)13-18(16)24/h4,6-7,9,12-13,22H,2-3,5,8,10-11,14H2,1H3. The Hall–Kier alpha value is -1.82. The second-order valence-electron chi connectivity index (χ2n) is 7.02. The number of amides is 2. The molecule has 2 aromatic rings. The van der Waals surface area contributed by atoms with E-state index >= 15 is 0 Å². The van der Waals surface area contributed by atoms with E-state index in [0.29, 0.717) is 29.6 Å². The van der Waals surface area contributed by atoms with Gasteiger partial charge in [-0.15, -0.1) is 17.9 Å². The number of hydrogen-bond donors (Lipinski definition) is 0. The normalized spacial score (nSPS) is 15.7. The van der Waals surface area contributed by atoms with Crippen LogP contribution in [-0.4, -0.2) is 41.2 Å². The number of thiophene rings is 1. The Bertz CT molecular complexity index is 912. The van der Waals surface area contributed by atoms with Crippen LogP contribution in [0.2, 0.25) is 10.0 Å². The lowest BCUT2D eigenvalue weighted by Crippen LogP contribution is -2.46. The number of hydrogen-bond acceptors (Lipinski definition) is 3. The van der Waals surface area contributed by atoms with E-state index in [1.807, 2.05) is 23.3 Å². The zero-order chi connectivity index (χ0) is 21.0. The smallest absolute Gasteiger partial charge is 0.243 e. The Kier molecular flexibility index (Phi) is 7.38. The lowest BCUT2D eigenvalue weighted by Gasteiger charge is -2.38. The lowest BCUT2D eigenvalue weighted by atomic mass is 9.93. The van der Waals surface area contributed by atoms with E-state index < -0.39 is 0 Å². The second kappa shape index (κ2) is 9.79. The van der Waals surface area contributed by atoms with Gasteiger partial charge in [0.15, 0.2) is 0 Å². The maximum atomic E-state index is 13.3. The zero-order valence-corrected chi connectivity index (χ0v) is 18.7. The quantitative estimate of drug-likeness (QED) is 0.533. The Balaban J connectivity index is 1.92. The molecule has 2 amide bonds. The molecular weight excluding hydrogens is 427 g/mol. The third-order valence-corrected chi connectivity index (χ3v) is 6.59. The van der Waals surface area contributed by atoms with Crippen molar-refractivity contribution in [2.75, 3.05) is 19.6 Å². The molecule has 3 rings (SSSR count). The van der Waals surface area contributed by atoms with Gasteiger partial charge in [0.25, 0.3) is 0 Å². The first-order chi connectivity index (χ1) is 14.0. The minimum atomic E-state index is -0.283. The largest absolute Gasteiger partial charge is 0.330 e. The molecule has 4 nitrogen and oxygen atoms in total. The van der Waals surface area contributed by atoms with E-state index in [1.165, 1.54) is 4.88 Å². The van der Waals surface area contributed by atoms with Gasteiger partial charge >= 0.3 is 0 Å². The van der Waals surface area contributed by atoms with E-state index in [0.717, 1.165) is 24.0 Å². The highest BCUT2D eigenvalue weighted by atomic mass is 35.5. The molecule has 1 unspecified atom stereocenters. The molecule has 154 valence electrons. The third kappa shape index (κ3) is 4.85. The zero-order valence-electron chi connectivity index (χ0n) is 16.4. The monoisotopic (exact) mass is 450 g/mol. The fourth-order valence-corrected chi connectivity index (χ4v) is 5.10. The van der Waals surface area contributed by atoms with Crippen molar-refractivity contribution in [2.45, 2.75) is 32.2 Å². The van der Waals surface area contributed by atoms with Crippen molar-refractivity contribution in [3.63, 3.8) is 0 Å². The third-order valence-electron chi connectivity index (χ3n) is 5.04. The van der Waals surface area contributed by atoms with Gasteiger partial charge < -0.3 is 9.80 Å². The Morgan fingerprint density at radius 2 is 2.10 bits per heavy atom. The Labute approximate surface area is 185 Å². The molecular formula is C22H24Cl2N2O2S. The average molecular weight is 451 g/mol. The number of halogens is 2. The van der Waals surface area contributed by atoms with Gasteiger partial charge in [-0.05, 0) is 47.5 Å². The van der Waals surface area contributed by atoms with Crippen LogP contribution in [0.25, 0.3) is 0 Å². The highest BCUT2D eigenvalue weighted by molar-refractivity contribution is 7.10. The summed E-state index contributed by atoms with van der Waals surface area (Å²) in [6.45, 7) is 6.64. The second-order valence-corrected chi connectivity index (χ2v) is 8.86. The molecule has 0 bridgehead atoms. The minimum absolute atomic E-state index is 0.0324. The maximum absolute atomic E-state index is 13.3. The molecule has 1 aromatic heterocycles. The van der Waals surface area contributed by atoms with Gasteiger partial charge in [0.1, 0.15) is 6.54 Å². The molecule has 0 spiro atoms. The summed E-state index contributed by atoms with van der Waals surface area (Å²) in [7, 11) is 0. The molecule has 0 aliphatic carbocycles. The highest BCUT2D eigenvalue weighted by Gasteiger charge is 2.34. The molecule has 1 atom stereocenters. The first-order valence-electron chi connectivity index (χ1n) is 9.65. The Morgan fingerprint density at radius 3 is 2.79 bits per heavy atom. The van der Waals surface area contributed by atoms with E-state index in [9.17, 15) is 9.59 Å². The van der Waals surface area contributed by atoms with Crippen molar-refractivity contribution in [2.24, 2.45) is 0 Å². The van der Waals surface area contributed by atoms with Crippen LogP contribution in [0.4, 0.5) is 0 Å². The first-order valence-corrected chi connectivity index (χ1v) is 11.3. The summed E-state index contributed by atoms with van der Waals surface area (Å²) in [6, 6.07) is 7.15. The molecule has 7 heteroatoms. The highest BCUT2D eigenvalue weighted by Crippen LogP contribution is 2.41. The molecule has 0 N–H and O–H groups in total. The van der Waals surface area contributed by atoms with Crippen molar-refractivity contribution in [3.05, 3.63) is 68.3 Å². The SMILES string of the molecule is C=CCN(CC(=O)N1CCc2sccc2C1c1ccc(Cl)cc1Cl)C(=O)CCC. The van der Waals surface area contributed by atoms with Crippen LogP contribution >= 0.6 is 34.5 Å². The summed E-state index contributed by atoms with van der Waals surface area (Å²) in [6.07, 6.45) is 3.61. The van der Waals surface area contributed by atoms with E-state index in [-0.39, 0.29) is 24.4 Å². The lowest BCUT2D eigenvalue weighted by molar-refractivity contribution is -0.141. The predicted molar refractivity (Wildman–Crippen MR) is 120 cm³/mol. The molecule has 1 aromatic carbocycles. The number of nitrogens with zero attached hydrogens (tertiary/aromatic N) is 2. The number of fused-ring (bicyclic) bond motifs is 1. The molecule has 0 radical (unpaired) electrons. The molecule has 2 heterocycles. The summed E-state index contributed by atoms with van der Waals surface area (Å²) >= 11 is 14.3. The van der Waals surface area contributed by atoms with E-state index in [4.69, 9.17) is 23.2 Å². The van der Waals surface area contributed by atoms with Crippen LogP contribution in [0.5, 0.6) is 0 Å². The van der Waals surface area contributed by atoms with Gasteiger partial charge in [-0.1, -0.05) is 42.3 Å². The average Bonchev–Trinajstić information content (AvgIpc) is 3.16. The molecule has 0 saturated heterocycles. The van der Waals surface area contributed by atoms with Crippen molar-refractivity contribution < 1.29 is 9.59 Å². The summed E-state index contributed by atoms with van der Waals surface area (Å²) < 4.78 is 0. The van der Waals surface area contributed by atoms with Gasteiger partial charge in [0.05, 0.1) is 6.04 Å².